The van der Waals surface area contributed by atoms with Crippen LogP contribution in [0.3, 0.4) is 0 Å². The van der Waals surface area contributed by atoms with Gasteiger partial charge < -0.3 is 5.73 Å². The Kier molecular flexibility index (Phi) is 3.14. The Morgan fingerprint density at radius 1 is 1.53 bits per heavy atom. The molecule has 1 aliphatic rings. The maximum absolute atomic E-state index is 13.5. The first-order valence-electron chi connectivity index (χ1n) is 5.30. The van der Waals surface area contributed by atoms with E-state index >= 15 is 0 Å². The quantitative estimate of drug-likeness (QED) is 0.719. The molecule has 0 aliphatic carbocycles. The standard InChI is InChI=1S/C11H12FN3O2/c12-8-3-6(5-14-9(8)4-13)7-1-2-10(16)15-11(7)17/h3,5,7H,1-2,4,13H2,(H,15,16,17). The molecule has 1 unspecified atom stereocenters. The molecule has 1 fully saturated rings. The number of rotatable bonds is 2. The molecular formula is C11H12FN3O2. The number of nitrogens with one attached hydrogen (secondary N) is 1. The van der Waals surface area contributed by atoms with Crippen LogP contribution in [0.15, 0.2) is 12.3 Å². The molecule has 0 saturated carbocycles. The van der Waals surface area contributed by atoms with Crippen LogP contribution in [0, 0.1) is 5.82 Å². The van der Waals surface area contributed by atoms with Gasteiger partial charge in [0.15, 0.2) is 0 Å². The molecule has 3 N–H and O–H groups in total. The van der Waals surface area contributed by atoms with E-state index in [1.165, 1.54) is 12.3 Å². The topological polar surface area (TPSA) is 85.1 Å². The summed E-state index contributed by atoms with van der Waals surface area (Å²) in [4.78, 5) is 26.4. The summed E-state index contributed by atoms with van der Waals surface area (Å²) in [7, 11) is 0. The summed E-state index contributed by atoms with van der Waals surface area (Å²) in [5, 5.41) is 2.22. The number of carbonyl (C=O) groups excluding carboxylic acids is 2. The Morgan fingerprint density at radius 2 is 2.29 bits per heavy atom. The molecule has 2 amide bonds. The van der Waals surface area contributed by atoms with E-state index in [2.05, 4.69) is 10.3 Å². The van der Waals surface area contributed by atoms with Gasteiger partial charge in [0.1, 0.15) is 5.82 Å². The molecule has 2 heterocycles. The monoisotopic (exact) mass is 237 g/mol. The number of halogens is 1. The van der Waals surface area contributed by atoms with Gasteiger partial charge in [0.25, 0.3) is 0 Å². The summed E-state index contributed by atoms with van der Waals surface area (Å²) in [5.74, 6) is -1.72. The second kappa shape index (κ2) is 4.58. The molecular weight excluding hydrogens is 225 g/mol. The first-order chi connectivity index (χ1) is 8.11. The highest BCUT2D eigenvalue weighted by atomic mass is 19.1. The predicted octanol–water partition coefficient (Wildman–Crippen LogP) is 0.200. The lowest BCUT2D eigenvalue weighted by atomic mass is 9.91. The smallest absolute Gasteiger partial charge is 0.234 e. The molecule has 5 nitrogen and oxygen atoms in total. The SMILES string of the molecule is NCc1ncc(C2CCC(=O)NC2=O)cc1F. The van der Waals surface area contributed by atoms with Crippen molar-refractivity contribution >= 4 is 11.8 Å². The van der Waals surface area contributed by atoms with Crippen molar-refractivity contribution in [2.24, 2.45) is 5.73 Å². The third-order valence-corrected chi connectivity index (χ3v) is 2.77. The van der Waals surface area contributed by atoms with E-state index in [9.17, 15) is 14.0 Å². The normalized spacial score (nSPS) is 20.2. The number of nitrogens with two attached hydrogens (primary N) is 1. The molecule has 0 aromatic carbocycles. The molecule has 1 atom stereocenters. The van der Waals surface area contributed by atoms with Gasteiger partial charge in [-0.2, -0.15) is 0 Å². The van der Waals surface area contributed by atoms with Gasteiger partial charge in [0.05, 0.1) is 11.6 Å². The van der Waals surface area contributed by atoms with Crippen molar-refractivity contribution in [2.75, 3.05) is 0 Å². The zero-order valence-electron chi connectivity index (χ0n) is 9.07. The number of amides is 2. The first kappa shape index (κ1) is 11.7. The molecule has 17 heavy (non-hydrogen) atoms. The van der Waals surface area contributed by atoms with Gasteiger partial charge in [0, 0.05) is 19.2 Å². The number of piperidine rings is 1. The van der Waals surface area contributed by atoms with Crippen LogP contribution in [0.5, 0.6) is 0 Å². The minimum Gasteiger partial charge on any atom is -0.325 e. The van der Waals surface area contributed by atoms with Crippen LogP contribution in [-0.4, -0.2) is 16.8 Å². The summed E-state index contributed by atoms with van der Waals surface area (Å²) >= 11 is 0. The Balaban J connectivity index is 2.25. The molecule has 0 radical (unpaired) electrons. The van der Waals surface area contributed by atoms with E-state index in [0.717, 1.165) is 0 Å². The molecule has 2 rings (SSSR count). The van der Waals surface area contributed by atoms with E-state index in [1.807, 2.05) is 0 Å². The molecule has 1 aliphatic heterocycles. The maximum Gasteiger partial charge on any atom is 0.234 e. The fourth-order valence-corrected chi connectivity index (χ4v) is 1.83. The van der Waals surface area contributed by atoms with E-state index < -0.39 is 17.6 Å². The molecule has 90 valence electrons. The van der Waals surface area contributed by atoms with Crippen molar-refractivity contribution in [3.8, 4) is 0 Å². The lowest BCUT2D eigenvalue weighted by Crippen LogP contribution is -2.39. The summed E-state index contributed by atoms with van der Waals surface area (Å²) in [6.07, 6.45) is 2.08. The summed E-state index contributed by atoms with van der Waals surface area (Å²) in [6.45, 7) is 0.0153. The van der Waals surface area contributed by atoms with Gasteiger partial charge in [0.2, 0.25) is 11.8 Å². The van der Waals surface area contributed by atoms with Crippen molar-refractivity contribution in [2.45, 2.75) is 25.3 Å². The zero-order valence-corrected chi connectivity index (χ0v) is 9.07. The highest BCUT2D eigenvalue weighted by Crippen LogP contribution is 2.25. The number of carbonyl (C=O) groups is 2. The van der Waals surface area contributed by atoms with Crippen LogP contribution < -0.4 is 11.1 Å². The van der Waals surface area contributed by atoms with Crippen LogP contribution in [0.4, 0.5) is 4.39 Å². The van der Waals surface area contributed by atoms with E-state index in [1.54, 1.807) is 0 Å². The second-order valence-corrected chi connectivity index (χ2v) is 3.90. The molecule has 1 saturated heterocycles. The van der Waals surface area contributed by atoms with Crippen molar-refractivity contribution in [3.63, 3.8) is 0 Å². The number of hydrogen-bond donors (Lipinski definition) is 2. The third-order valence-electron chi connectivity index (χ3n) is 2.77. The van der Waals surface area contributed by atoms with E-state index in [4.69, 9.17) is 5.73 Å². The van der Waals surface area contributed by atoms with Crippen molar-refractivity contribution in [3.05, 3.63) is 29.3 Å². The van der Waals surface area contributed by atoms with Gasteiger partial charge in [-0.15, -0.1) is 0 Å². The lowest BCUT2D eigenvalue weighted by Gasteiger charge is -2.20. The Hall–Kier alpha value is -1.82. The Morgan fingerprint density at radius 3 is 2.88 bits per heavy atom. The number of imide groups is 1. The maximum atomic E-state index is 13.5. The average Bonchev–Trinajstić information content (AvgIpc) is 2.29. The van der Waals surface area contributed by atoms with Gasteiger partial charge >= 0.3 is 0 Å². The largest absolute Gasteiger partial charge is 0.325 e. The average molecular weight is 237 g/mol. The highest BCUT2D eigenvalue weighted by Gasteiger charge is 2.28. The van der Waals surface area contributed by atoms with E-state index in [0.29, 0.717) is 12.0 Å². The Labute approximate surface area is 97.2 Å². The highest BCUT2D eigenvalue weighted by molar-refractivity contribution is 6.00. The summed E-state index contributed by atoms with van der Waals surface area (Å²) < 4.78 is 13.5. The van der Waals surface area contributed by atoms with Crippen molar-refractivity contribution < 1.29 is 14.0 Å². The predicted molar refractivity (Wildman–Crippen MR) is 57.2 cm³/mol. The van der Waals surface area contributed by atoms with Crippen molar-refractivity contribution in [1.82, 2.24) is 10.3 Å². The molecule has 1 aromatic heterocycles. The zero-order chi connectivity index (χ0) is 12.4. The number of pyridine rings is 1. The summed E-state index contributed by atoms with van der Waals surface area (Å²) in [5.41, 5.74) is 5.94. The van der Waals surface area contributed by atoms with Gasteiger partial charge in [-0.1, -0.05) is 0 Å². The van der Waals surface area contributed by atoms with Crippen LogP contribution in [0.2, 0.25) is 0 Å². The van der Waals surface area contributed by atoms with E-state index in [-0.39, 0.29) is 24.6 Å². The van der Waals surface area contributed by atoms with Crippen LogP contribution >= 0.6 is 0 Å². The Bertz CT molecular complexity index is 476. The first-order valence-corrected chi connectivity index (χ1v) is 5.30. The minimum absolute atomic E-state index is 0.0153. The number of hydrogen-bond acceptors (Lipinski definition) is 4. The molecule has 0 spiro atoms. The summed E-state index contributed by atoms with van der Waals surface area (Å²) in [6, 6.07) is 1.26. The molecule has 1 aromatic rings. The molecule has 0 bridgehead atoms. The third kappa shape index (κ3) is 2.31. The fourth-order valence-electron chi connectivity index (χ4n) is 1.83. The van der Waals surface area contributed by atoms with Crippen molar-refractivity contribution in [1.29, 1.82) is 0 Å². The minimum atomic E-state index is -0.519. The fraction of sp³-hybridized carbons (Fsp3) is 0.364. The van der Waals surface area contributed by atoms with Crippen LogP contribution in [0.1, 0.15) is 30.0 Å². The van der Waals surface area contributed by atoms with Gasteiger partial charge in [-0.3, -0.25) is 19.9 Å². The van der Waals surface area contributed by atoms with Crippen LogP contribution in [-0.2, 0) is 16.1 Å². The number of nitrogens with zero attached hydrogens (tertiary/aromatic N) is 1. The van der Waals surface area contributed by atoms with Crippen LogP contribution in [0.25, 0.3) is 0 Å². The van der Waals surface area contributed by atoms with Gasteiger partial charge in [-0.05, 0) is 18.1 Å². The van der Waals surface area contributed by atoms with Gasteiger partial charge in [-0.25, -0.2) is 4.39 Å². The lowest BCUT2D eigenvalue weighted by molar-refractivity contribution is -0.134. The number of aromatic nitrogens is 1. The second-order valence-electron chi connectivity index (χ2n) is 3.90. The molecule has 6 heteroatoms.